The first-order chi connectivity index (χ1) is 3.06. The fraction of sp³-hybridized carbons (Fsp3) is 1.00. The van der Waals surface area contributed by atoms with E-state index in [0.717, 1.165) is 6.54 Å². The van der Waals surface area contributed by atoms with E-state index in [2.05, 4.69) is 52.9 Å². The molecule has 0 amide bonds. The SMILES string of the molecule is CC(C)(S)CNI. The van der Waals surface area contributed by atoms with Crippen LogP contribution in [0.25, 0.3) is 0 Å². The van der Waals surface area contributed by atoms with Crippen molar-refractivity contribution in [2.24, 2.45) is 0 Å². The molecule has 0 fully saturated rings. The van der Waals surface area contributed by atoms with E-state index >= 15 is 0 Å². The van der Waals surface area contributed by atoms with Gasteiger partial charge in [0.05, 0.1) is 0 Å². The summed E-state index contributed by atoms with van der Waals surface area (Å²) in [5, 5.41) is 0. The van der Waals surface area contributed by atoms with Gasteiger partial charge in [-0.1, -0.05) is 0 Å². The van der Waals surface area contributed by atoms with Crippen LogP contribution in [-0.2, 0) is 0 Å². The predicted molar refractivity (Wildman–Crippen MR) is 45.1 cm³/mol. The largest absolute Gasteiger partial charge is 0.260 e. The van der Waals surface area contributed by atoms with Gasteiger partial charge in [0.15, 0.2) is 0 Å². The Morgan fingerprint density at radius 3 is 2.14 bits per heavy atom. The van der Waals surface area contributed by atoms with Crippen LogP contribution in [0.3, 0.4) is 0 Å². The number of rotatable bonds is 2. The number of nitrogens with one attached hydrogen (secondary N) is 1. The first-order valence-corrected chi connectivity index (χ1v) is 3.65. The Morgan fingerprint density at radius 1 is 1.71 bits per heavy atom. The maximum Gasteiger partial charge on any atom is 0.0206 e. The lowest BCUT2D eigenvalue weighted by Gasteiger charge is -2.14. The van der Waals surface area contributed by atoms with Gasteiger partial charge in [-0.05, 0) is 13.8 Å². The molecule has 0 saturated heterocycles. The fourth-order valence-electron chi connectivity index (χ4n) is 0.164. The van der Waals surface area contributed by atoms with Gasteiger partial charge in [0, 0.05) is 34.2 Å². The molecule has 0 radical (unpaired) electrons. The lowest BCUT2D eigenvalue weighted by Crippen LogP contribution is -2.23. The Bertz CT molecular complexity index is 50.1. The molecule has 0 aromatic heterocycles. The summed E-state index contributed by atoms with van der Waals surface area (Å²) >= 11 is 6.38. The summed E-state index contributed by atoms with van der Waals surface area (Å²) in [5.74, 6) is 0. The minimum Gasteiger partial charge on any atom is -0.260 e. The fourth-order valence-corrected chi connectivity index (χ4v) is 1.50. The summed E-state index contributed by atoms with van der Waals surface area (Å²) in [6.45, 7) is 5.08. The van der Waals surface area contributed by atoms with Crippen molar-refractivity contribution in [3.05, 3.63) is 0 Å². The monoisotopic (exact) mass is 231 g/mol. The number of thiol groups is 1. The van der Waals surface area contributed by atoms with Crippen molar-refractivity contribution in [3.8, 4) is 0 Å². The molecule has 0 aromatic rings. The van der Waals surface area contributed by atoms with Crippen LogP contribution in [0.15, 0.2) is 0 Å². The van der Waals surface area contributed by atoms with Gasteiger partial charge in [0.2, 0.25) is 0 Å². The molecule has 0 saturated carbocycles. The number of hydrogen-bond donors (Lipinski definition) is 2. The van der Waals surface area contributed by atoms with Crippen molar-refractivity contribution >= 4 is 35.5 Å². The van der Waals surface area contributed by atoms with Crippen molar-refractivity contribution in [1.29, 1.82) is 0 Å². The lowest BCUT2D eigenvalue weighted by atomic mass is 10.2. The van der Waals surface area contributed by atoms with Gasteiger partial charge in [-0.2, -0.15) is 12.6 Å². The van der Waals surface area contributed by atoms with Crippen molar-refractivity contribution in [2.45, 2.75) is 18.6 Å². The molecule has 3 heteroatoms. The second-order valence-corrected chi connectivity index (χ2v) is 4.10. The normalized spacial score (nSPS) is 12.0. The standard InChI is InChI=1S/C4H10INS/c1-4(2,7)3-6-5/h6-7H,3H2,1-2H3. The Morgan fingerprint density at radius 2 is 2.14 bits per heavy atom. The summed E-state index contributed by atoms with van der Waals surface area (Å²) in [6.07, 6.45) is 0. The Balaban J connectivity index is 3.15. The maximum absolute atomic E-state index is 4.27. The first kappa shape index (κ1) is 8.04. The van der Waals surface area contributed by atoms with E-state index < -0.39 is 0 Å². The van der Waals surface area contributed by atoms with Crippen molar-refractivity contribution in [3.63, 3.8) is 0 Å². The molecule has 0 aromatic carbocycles. The highest BCUT2D eigenvalue weighted by Crippen LogP contribution is 2.09. The van der Waals surface area contributed by atoms with E-state index in [1.54, 1.807) is 0 Å². The summed E-state index contributed by atoms with van der Waals surface area (Å²) in [4.78, 5) is 0. The molecule has 44 valence electrons. The Labute approximate surface area is 64.2 Å². The van der Waals surface area contributed by atoms with Crippen LogP contribution in [0.1, 0.15) is 13.8 Å². The second-order valence-electron chi connectivity index (χ2n) is 2.12. The Hall–Kier alpha value is 1.04. The Kier molecular flexibility index (Phi) is 3.61. The summed E-state index contributed by atoms with van der Waals surface area (Å²) in [5.41, 5.74) is 0. The average molecular weight is 231 g/mol. The summed E-state index contributed by atoms with van der Waals surface area (Å²) in [7, 11) is 0. The van der Waals surface area contributed by atoms with Gasteiger partial charge in [0.1, 0.15) is 0 Å². The zero-order chi connectivity index (χ0) is 5.91. The van der Waals surface area contributed by atoms with Gasteiger partial charge in [-0.3, -0.25) is 3.53 Å². The molecular formula is C4H10INS. The number of hydrogen-bond acceptors (Lipinski definition) is 2. The number of halogens is 1. The predicted octanol–water partition coefficient (Wildman–Crippen LogP) is 1.63. The molecule has 1 nitrogen and oxygen atoms in total. The van der Waals surface area contributed by atoms with Crippen LogP contribution < -0.4 is 3.53 Å². The minimum absolute atomic E-state index is 0.126. The third kappa shape index (κ3) is 7.04. The van der Waals surface area contributed by atoms with Gasteiger partial charge < -0.3 is 0 Å². The molecule has 0 heterocycles. The highest BCUT2D eigenvalue weighted by Gasteiger charge is 2.07. The van der Waals surface area contributed by atoms with E-state index in [-0.39, 0.29) is 4.75 Å². The molecule has 7 heavy (non-hydrogen) atoms. The first-order valence-electron chi connectivity index (χ1n) is 2.12. The van der Waals surface area contributed by atoms with Crippen molar-refractivity contribution in [1.82, 2.24) is 3.53 Å². The average Bonchev–Trinajstić information content (AvgIpc) is 1.30. The van der Waals surface area contributed by atoms with E-state index in [1.165, 1.54) is 0 Å². The van der Waals surface area contributed by atoms with E-state index in [9.17, 15) is 0 Å². The van der Waals surface area contributed by atoms with Crippen LogP contribution in [0.2, 0.25) is 0 Å². The van der Waals surface area contributed by atoms with Gasteiger partial charge in [-0.25, -0.2) is 0 Å². The molecule has 0 aliphatic carbocycles. The van der Waals surface area contributed by atoms with Gasteiger partial charge >= 0.3 is 0 Å². The third-order valence-corrected chi connectivity index (χ3v) is 1.04. The molecule has 1 N–H and O–H groups in total. The zero-order valence-corrected chi connectivity index (χ0v) is 7.58. The molecule has 0 bridgehead atoms. The molecule has 0 rings (SSSR count). The van der Waals surface area contributed by atoms with Crippen LogP contribution in [0, 0.1) is 0 Å². The maximum atomic E-state index is 4.27. The molecular weight excluding hydrogens is 221 g/mol. The molecule has 0 atom stereocenters. The summed E-state index contributed by atoms with van der Waals surface area (Å²) < 4.78 is 3.13. The quantitative estimate of drug-likeness (QED) is 0.418. The van der Waals surface area contributed by atoms with Gasteiger partial charge in [0.25, 0.3) is 0 Å². The summed E-state index contributed by atoms with van der Waals surface area (Å²) in [6, 6.07) is 0. The highest BCUT2D eigenvalue weighted by molar-refractivity contribution is 14.1. The molecule has 0 spiro atoms. The molecule has 0 aliphatic heterocycles. The topological polar surface area (TPSA) is 12.0 Å². The van der Waals surface area contributed by atoms with Gasteiger partial charge in [-0.15, -0.1) is 0 Å². The van der Waals surface area contributed by atoms with Crippen molar-refractivity contribution < 1.29 is 0 Å². The van der Waals surface area contributed by atoms with E-state index in [4.69, 9.17) is 0 Å². The molecule has 0 aliphatic rings. The van der Waals surface area contributed by atoms with Crippen LogP contribution >= 0.6 is 35.5 Å². The van der Waals surface area contributed by atoms with Crippen LogP contribution in [0.5, 0.6) is 0 Å². The smallest absolute Gasteiger partial charge is 0.0206 e. The lowest BCUT2D eigenvalue weighted by molar-refractivity contribution is 0.713. The zero-order valence-electron chi connectivity index (χ0n) is 4.53. The minimum atomic E-state index is 0.126. The van der Waals surface area contributed by atoms with Crippen LogP contribution in [0.4, 0.5) is 0 Å². The van der Waals surface area contributed by atoms with Crippen LogP contribution in [-0.4, -0.2) is 11.3 Å². The van der Waals surface area contributed by atoms with E-state index in [0.29, 0.717) is 0 Å². The second kappa shape index (κ2) is 3.14. The van der Waals surface area contributed by atoms with Crippen molar-refractivity contribution in [2.75, 3.05) is 6.54 Å². The third-order valence-electron chi connectivity index (χ3n) is 0.499. The molecule has 0 unspecified atom stereocenters. The van der Waals surface area contributed by atoms with E-state index in [1.807, 2.05) is 0 Å². The highest BCUT2D eigenvalue weighted by atomic mass is 127.